The van der Waals surface area contributed by atoms with Crippen molar-refractivity contribution in [2.24, 2.45) is 0 Å². The Balaban J connectivity index is 2.30. The van der Waals surface area contributed by atoms with Crippen LogP contribution in [-0.4, -0.2) is 11.8 Å². The Bertz CT molecular complexity index is 502. The highest BCUT2D eigenvalue weighted by atomic mass is 16.2. The van der Waals surface area contributed by atoms with Crippen molar-refractivity contribution in [3.8, 4) is 6.07 Å². The monoisotopic (exact) mass is 215 g/mol. The molecule has 5 nitrogen and oxygen atoms in total. The van der Waals surface area contributed by atoms with E-state index in [2.05, 4.69) is 10.6 Å². The maximum absolute atomic E-state index is 11.5. The Morgan fingerprint density at radius 3 is 3.12 bits per heavy atom. The maximum Gasteiger partial charge on any atom is 0.254 e. The fraction of sp³-hybridized carbons (Fsp3) is 0.182. The molecule has 0 saturated heterocycles. The quantitative estimate of drug-likeness (QED) is 0.764. The predicted octanol–water partition coefficient (Wildman–Crippen LogP) is 0.782. The van der Waals surface area contributed by atoms with Gasteiger partial charge in [0.2, 0.25) is 5.91 Å². The van der Waals surface area contributed by atoms with Gasteiger partial charge in [-0.25, -0.2) is 0 Å². The van der Waals surface area contributed by atoms with Crippen LogP contribution < -0.4 is 10.6 Å². The summed E-state index contributed by atoms with van der Waals surface area (Å²) >= 11 is 0. The molecule has 0 unspecified atom stereocenters. The van der Waals surface area contributed by atoms with Gasteiger partial charge >= 0.3 is 0 Å². The first-order valence-corrected chi connectivity index (χ1v) is 4.79. The normalized spacial score (nSPS) is 12.6. The summed E-state index contributed by atoms with van der Waals surface area (Å²) in [6.07, 6.45) is -0.217. The molecule has 1 aromatic carbocycles. The number of nitrogens with one attached hydrogen (secondary N) is 2. The Kier molecular flexibility index (Phi) is 2.56. The lowest BCUT2D eigenvalue weighted by atomic mass is 10.1. The van der Waals surface area contributed by atoms with Gasteiger partial charge in [-0.05, 0) is 11.6 Å². The molecule has 0 atom stereocenters. The van der Waals surface area contributed by atoms with Crippen LogP contribution >= 0.6 is 0 Å². The van der Waals surface area contributed by atoms with Gasteiger partial charge in [0, 0.05) is 6.54 Å². The third-order valence-corrected chi connectivity index (χ3v) is 2.33. The van der Waals surface area contributed by atoms with Crippen molar-refractivity contribution in [3.63, 3.8) is 0 Å². The highest BCUT2D eigenvalue weighted by Crippen LogP contribution is 2.24. The van der Waals surface area contributed by atoms with Crippen molar-refractivity contribution in [2.45, 2.75) is 13.0 Å². The van der Waals surface area contributed by atoms with Crippen molar-refractivity contribution in [1.29, 1.82) is 5.26 Å². The second-order valence-corrected chi connectivity index (χ2v) is 3.41. The van der Waals surface area contributed by atoms with Gasteiger partial charge in [0.25, 0.3) is 5.91 Å². The van der Waals surface area contributed by atoms with Gasteiger partial charge in [-0.2, -0.15) is 5.26 Å². The number of carbonyl (C=O) groups is 2. The molecule has 1 heterocycles. The summed E-state index contributed by atoms with van der Waals surface area (Å²) in [5.41, 5.74) is 1.82. The highest BCUT2D eigenvalue weighted by molar-refractivity contribution is 6.06. The van der Waals surface area contributed by atoms with E-state index in [1.54, 1.807) is 18.2 Å². The molecule has 80 valence electrons. The van der Waals surface area contributed by atoms with E-state index >= 15 is 0 Å². The summed E-state index contributed by atoms with van der Waals surface area (Å²) in [5.74, 6) is -0.599. The predicted molar refractivity (Wildman–Crippen MR) is 56.5 cm³/mol. The zero-order valence-electron chi connectivity index (χ0n) is 8.41. The molecule has 0 bridgehead atoms. The zero-order valence-corrected chi connectivity index (χ0v) is 8.41. The van der Waals surface area contributed by atoms with Gasteiger partial charge in [-0.15, -0.1) is 0 Å². The molecule has 2 amide bonds. The first-order valence-electron chi connectivity index (χ1n) is 4.79. The molecule has 0 radical (unpaired) electrons. The number of rotatable bonds is 2. The molecule has 16 heavy (non-hydrogen) atoms. The van der Waals surface area contributed by atoms with Gasteiger partial charge in [-0.1, -0.05) is 12.1 Å². The largest absolute Gasteiger partial charge is 0.348 e. The topological polar surface area (TPSA) is 82.0 Å². The summed E-state index contributed by atoms with van der Waals surface area (Å²) in [4.78, 5) is 22.8. The van der Waals surface area contributed by atoms with E-state index in [-0.39, 0.29) is 12.3 Å². The molecule has 1 aromatic rings. The number of hydrogen-bond donors (Lipinski definition) is 2. The van der Waals surface area contributed by atoms with Crippen LogP contribution in [0, 0.1) is 11.3 Å². The smallest absolute Gasteiger partial charge is 0.254 e. The van der Waals surface area contributed by atoms with Crippen molar-refractivity contribution in [2.75, 3.05) is 5.32 Å². The molecule has 0 spiro atoms. The Morgan fingerprint density at radius 2 is 2.38 bits per heavy atom. The van der Waals surface area contributed by atoms with Gasteiger partial charge < -0.3 is 10.6 Å². The standard InChI is InChI=1S/C11H9N3O2/c12-5-4-9(15)14-8-3-1-2-7-6-13-11(16)10(7)8/h1-3H,4,6H2,(H,13,16)(H,14,15). The first kappa shape index (κ1) is 10.2. The van der Waals surface area contributed by atoms with E-state index in [9.17, 15) is 9.59 Å². The number of anilines is 1. The lowest BCUT2D eigenvalue weighted by Crippen LogP contribution is -2.16. The molecular formula is C11H9N3O2. The van der Waals surface area contributed by atoms with Gasteiger partial charge in [-0.3, -0.25) is 9.59 Å². The number of nitrogens with zero attached hydrogens (tertiary/aromatic N) is 1. The molecule has 0 aliphatic carbocycles. The third-order valence-electron chi connectivity index (χ3n) is 2.33. The summed E-state index contributed by atoms with van der Waals surface area (Å²) in [6.45, 7) is 0.482. The number of benzene rings is 1. The molecule has 0 aromatic heterocycles. The summed E-state index contributed by atoms with van der Waals surface area (Å²) in [6, 6.07) is 7.00. The van der Waals surface area contributed by atoms with Gasteiger partial charge in [0.05, 0.1) is 17.3 Å². The number of amides is 2. The molecule has 5 heteroatoms. The Morgan fingerprint density at radius 1 is 1.56 bits per heavy atom. The highest BCUT2D eigenvalue weighted by Gasteiger charge is 2.22. The van der Waals surface area contributed by atoms with Crippen molar-refractivity contribution >= 4 is 17.5 Å². The number of fused-ring (bicyclic) bond motifs is 1. The Labute approximate surface area is 92.1 Å². The van der Waals surface area contributed by atoms with Gasteiger partial charge in [0.1, 0.15) is 6.42 Å². The second kappa shape index (κ2) is 4.03. The van der Waals surface area contributed by atoms with Crippen LogP contribution in [0.3, 0.4) is 0 Å². The SMILES string of the molecule is N#CCC(=O)Nc1cccc2c1C(=O)NC2. The lowest BCUT2D eigenvalue weighted by Gasteiger charge is -2.06. The van der Waals surface area contributed by atoms with Crippen molar-refractivity contribution in [1.82, 2.24) is 5.32 Å². The minimum absolute atomic E-state index is 0.192. The van der Waals surface area contributed by atoms with Crippen LogP contribution in [-0.2, 0) is 11.3 Å². The number of carbonyl (C=O) groups excluding carboxylic acids is 2. The average molecular weight is 215 g/mol. The molecule has 0 saturated carbocycles. The van der Waals surface area contributed by atoms with Crippen molar-refractivity contribution < 1.29 is 9.59 Å². The van der Waals surface area contributed by atoms with E-state index in [1.807, 2.05) is 6.07 Å². The van der Waals surface area contributed by atoms with Crippen LogP contribution in [0.15, 0.2) is 18.2 Å². The zero-order chi connectivity index (χ0) is 11.5. The molecule has 1 aliphatic heterocycles. The lowest BCUT2D eigenvalue weighted by molar-refractivity contribution is -0.115. The Hall–Kier alpha value is -2.35. The van der Waals surface area contributed by atoms with Crippen molar-refractivity contribution in [3.05, 3.63) is 29.3 Å². The van der Waals surface area contributed by atoms with Crippen LogP contribution in [0.4, 0.5) is 5.69 Å². The second-order valence-electron chi connectivity index (χ2n) is 3.41. The minimum atomic E-state index is -0.407. The summed E-state index contributed by atoms with van der Waals surface area (Å²) < 4.78 is 0. The third kappa shape index (κ3) is 1.73. The number of nitriles is 1. The average Bonchev–Trinajstić information content (AvgIpc) is 2.62. The fourth-order valence-corrected chi connectivity index (χ4v) is 1.65. The molecule has 2 rings (SSSR count). The van der Waals surface area contributed by atoms with Crippen LogP contribution in [0.5, 0.6) is 0 Å². The molecule has 2 N–H and O–H groups in total. The van der Waals surface area contributed by atoms with E-state index < -0.39 is 5.91 Å². The van der Waals surface area contributed by atoms with Crippen LogP contribution in [0.25, 0.3) is 0 Å². The summed E-state index contributed by atoms with van der Waals surface area (Å²) in [5, 5.41) is 13.6. The van der Waals surface area contributed by atoms with E-state index in [0.29, 0.717) is 17.8 Å². The van der Waals surface area contributed by atoms with E-state index in [1.165, 1.54) is 0 Å². The van der Waals surface area contributed by atoms with Gasteiger partial charge in [0.15, 0.2) is 0 Å². The fourth-order valence-electron chi connectivity index (χ4n) is 1.65. The van der Waals surface area contributed by atoms with E-state index in [4.69, 9.17) is 5.26 Å². The maximum atomic E-state index is 11.5. The first-order chi connectivity index (χ1) is 7.72. The van der Waals surface area contributed by atoms with E-state index in [0.717, 1.165) is 5.56 Å². The van der Waals surface area contributed by atoms with Crippen LogP contribution in [0.2, 0.25) is 0 Å². The number of hydrogen-bond acceptors (Lipinski definition) is 3. The summed E-state index contributed by atoms with van der Waals surface area (Å²) in [7, 11) is 0. The molecule has 0 fully saturated rings. The minimum Gasteiger partial charge on any atom is -0.348 e. The van der Waals surface area contributed by atoms with Crippen LogP contribution in [0.1, 0.15) is 22.3 Å². The molecular weight excluding hydrogens is 206 g/mol. The molecule has 1 aliphatic rings.